The van der Waals surface area contributed by atoms with Gasteiger partial charge in [0.25, 0.3) is 0 Å². The van der Waals surface area contributed by atoms with Crippen molar-refractivity contribution in [3.63, 3.8) is 0 Å². The van der Waals surface area contributed by atoms with Gasteiger partial charge >= 0.3 is 5.97 Å². The van der Waals surface area contributed by atoms with Crippen LogP contribution < -0.4 is 4.74 Å². The van der Waals surface area contributed by atoms with Crippen LogP contribution in [0.1, 0.15) is 48.8 Å². The molecule has 0 aromatic heterocycles. The molecule has 4 bridgehead atoms. The molecule has 4 aliphatic carbocycles. The van der Waals surface area contributed by atoms with Crippen LogP contribution in [0.2, 0.25) is 0 Å². The van der Waals surface area contributed by atoms with Crippen LogP contribution in [0.25, 0.3) is 0 Å². The Bertz CT molecular complexity index is 730. The molecular weight excluding hydrogens is 308 g/mol. The van der Waals surface area contributed by atoms with Crippen molar-refractivity contribution in [1.29, 1.82) is 0 Å². The zero-order valence-corrected chi connectivity index (χ0v) is 14.0. The summed E-state index contributed by atoms with van der Waals surface area (Å²) in [6.07, 6.45) is 2.80. The Hall–Kier alpha value is -1.59. The van der Waals surface area contributed by atoms with Gasteiger partial charge in [0.15, 0.2) is 0 Å². The number of benzene rings is 1. The molecule has 5 nitrogen and oxygen atoms in total. The van der Waals surface area contributed by atoms with Gasteiger partial charge in [0.05, 0.1) is 25.7 Å². The predicted molar refractivity (Wildman–Crippen MR) is 85.1 cm³/mol. The fourth-order valence-electron chi connectivity index (χ4n) is 6.37. The van der Waals surface area contributed by atoms with E-state index in [2.05, 4.69) is 12.1 Å². The Morgan fingerprint density at radius 2 is 2.17 bits per heavy atom. The van der Waals surface area contributed by atoms with Gasteiger partial charge in [-0.05, 0) is 53.9 Å². The molecule has 1 N–H and O–H groups in total. The minimum Gasteiger partial charge on any atom is -0.497 e. The number of ether oxygens (including phenoxy) is 3. The van der Waals surface area contributed by atoms with E-state index < -0.39 is 5.97 Å². The van der Waals surface area contributed by atoms with Crippen molar-refractivity contribution in [1.82, 2.24) is 0 Å². The molecule has 1 heterocycles. The summed E-state index contributed by atoms with van der Waals surface area (Å²) in [7, 11) is 3.45. The van der Waals surface area contributed by atoms with E-state index in [9.17, 15) is 9.90 Å². The maximum Gasteiger partial charge on any atom is 0.303 e. The van der Waals surface area contributed by atoms with Crippen molar-refractivity contribution >= 4 is 5.97 Å². The van der Waals surface area contributed by atoms with Gasteiger partial charge in [-0.3, -0.25) is 4.79 Å². The third-order valence-electron chi connectivity index (χ3n) is 7.19. The van der Waals surface area contributed by atoms with Crippen molar-refractivity contribution in [2.24, 2.45) is 11.3 Å². The zero-order valence-electron chi connectivity index (χ0n) is 14.0. The third kappa shape index (κ3) is 1.51. The number of methoxy groups -OCH3 is 2. The molecule has 0 radical (unpaired) electrons. The van der Waals surface area contributed by atoms with Crippen molar-refractivity contribution in [2.45, 2.75) is 49.4 Å². The van der Waals surface area contributed by atoms with Crippen LogP contribution in [0.4, 0.5) is 0 Å². The van der Waals surface area contributed by atoms with E-state index in [1.54, 1.807) is 14.2 Å². The van der Waals surface area contributed by atoms with Gasteiger partial charge in [0.2, 0.25) is 0 Å². The molecule has 5 aliphatic rings. The minimum absolute atomic E-state index is 0.0112. The lowest BCUT2D eigenvalue weighted by molar-refractivity contribution is -0.187. The predicted octanol–water partition coefficient (Wildman–Crippen LogP) is 2.89. The molecule has 5 heteroatoms. The monoisotopic (exact) mass is 330 g/mol. The fourth-order valence-corrected chi connectivity index (χ4v) is 6.37. The number of carboxylic acid groups (broad SMARTS) is 1. The van der Waals surface area contributed by atoms with Crippen molar-refractivity contribution in [2.75, 3.05) is 14.2 Å². The average Bonchev–Trinajstić information content (AvgIpc) is 3.02. The van der Waals surface area contributed by atoms with E-state index in [0.29, 0.717) is 0 Å². The Morgan fingerprint density at radius 3 is 2.88 bits per heavy atom. The van der Waals surface area contributed by atoms with Crippen molar-refractivity contribution in [3.8, 4) is 5.75 Å². The summed E-state index contributed by atoms with van der Waals surface area (Å²) < 4.78 is 17.9. The number of carboxylic acids is 1. The maximum absolute atomic E-state index is 11.6. The first-order valence-electron chi connectivity index (χ1n) is 8.65. The van der Waals surface area contributed by atoms with Crippen LogP contribution in [0.5, 0.6) is 5.75 Å². The Morgan fingerprint density at radius 1 is 1.33 bits per heavy atom. The molecule has 1 saturated heterocycles. The van der Waals surface area contributed by atoms with E-state index in [1.807, 2.05) is 6.07 Å². The molecule has 128 valence electrons. The van der Waals surface area contributed by atoms with E-state index in [1.165, 1.54) is 11.1 Å². The number of carbonyl (C=O) groups is 1. The largest absolute Gasteiger partial charge is 0.497 e. The molecule has 24 heavy (non-hydrogen) atoms. The highest BCUT2D eigenvalue weighted by Gasteiger charge is 2.74. The summed E-state index contributed by atoms with van der Waals surface area (Å²) in [4.78, 5) is 11.6. The lowest BCUT2D eigenvalue weighted by Crippen LogP contribution is -2.61. The molecular formula is C19H22O5. The number of aliphatic carboxylic acids is 1. The van der Waals surface area contributed by atoms with Gasteiger partial charge in [-0.25, -0.2) is 0 Å². The van der Waals surface area contributed by atoms with Gasteiger partial charge in [-0.15, -0.1) is 0 Å². The Labute approximate surface area is 140 Å². The van der Waals surface area contributed by atoms with Gasteiger partial charge in [-0.1, -0.05) is 6.07 Å². The van der Waals surface area contributed by atoms with Crippen LogP contribution in [0.15, 0.2) is 18.2 Å². The van der Waals surface area contributed by atoms with Crippen LogP contribution in [0, 0.1) is 11.3 Å². The summed E-state index contributed by atoms with van der Waals surface area (Å²) >= 11 is 0. The SMILES string of the molecule is COc1ccc2c(c1)C1C3[C@H]2OC2C[C@@]1(CC(=O)O)CC[C@@]23OC. The van der Waals surface area contributed by atoms with Crippen LogP contribution in [-0.4, -0.2) is 37.0 Å². The number of hydrogen-bond donors (Lipinski definition) is 1. The summed E-state index contributed by atoms with van der Waals surface area (Å²) in [5.74, 6) is 0.505. The highest BCUT2D eigenvalue weighted by atomic mass is 16.6. The highest BCUT2D eigenvalue weighted by molar-refractivity contribution is 5.69. The lowest BCUT2D eigenvalue weighted by Gasteiger charge is -2.59. The molecule has 0 spiro atoms. The second kappa shape index (κ2) is 4.52. The normalized spacial score (nSPS) is 43.8. The zero-order chi connectivity index (χ0) is 16.7. The van der Waals surface area contributed by atoms with E-state index >= 15 is 0 Å². The first-order chi connectivity index (χ1) is 11.5. The molecule has 3 unspecified atom stereocenters. The van der Waals surface area contributed by atoms with Crippen molar-refractivity contribution in [3.05, 3.63) is 29.3 Å². The molecule has 1 aromatic rings. The van der Waals surface area contributed by atoms with E-state index in [4.69, 9.17) is 14.2 Å². The molecule has 1 aliphatic heterocycles. The van der Waals surface area contributed by atoms with E-state index in [-0.39, 0.29) is 41.5 Å². The molecule has 3 saturated carbocycles. The van der Waals surface area contributed by atoms with E-state index in [0.717, 1.165) is 25.0 Å². The quantitative estimate of drug-likeness (QED) is 0.919. The second-order valence-electron chi connectivity index (χ2n) is 7.84. The van der Waals surface area contributed by atoms with Gasteiger partial charge < -0.3 is 19.3 Å². The second-order valence-corrected chi connectivity index (χ2v) is 7.84. The Balaban J connectivity index is 1.72. The number of hydrogen-bond acceptors (Lipinski definition) is 4. The number of fused-ring (bicyclic) bond motifs is 3. The highest BCUT2D eigenvalue weighted by Crippen LogP contribution is 2.75. The van der Waals surface area contributed by atoms with Gasteiger partial charge in [-0.2, -0.15) is 0 Å². The van der Waals surface area contributed by atoms with Gasteiger partial charge in [0, 0.05) is 13.0 Å². The smallest absolute Gasteiger partial charge is 0.303 e. The minimum atomic E-state index is -0.714. The van der Waals surface area contributed by atoms with Gasteiger partial charge in [0.1, 0.15) is 11.4 Å². The molecule has 0 amide bonds. The first kappa shape index (κ1) is 14.7. The van der Waals surface area contributed by atoms with Crippen molar-refractivity contribution < 1.29 is 24.1 Å². The van der Waals surface area contributed by atoms with Crippen LogP contribution in [0.3, 0.4) is 0 Å². The molecule has 1 aromatic carbocycles. The molecule has 4 fully saturated rings. The summed E-state index contributed by atoms with van der Waals surface area (Å²) in [5, 5.41) is 9.57. The topological polar surface area (TPSA) is 65.0 Å². The average molecular weight is 330 g/mol. The number of rotatable bonds is 4. The Kier molecular flexibility index (Phi) is 2.78. The summed E-state index contributed by atoms with van der Waals surface area (Å²) in [6, 6.07) is 6.16. The summed E-state index contributed by atoms with van der Waals surface area (Å²) in [5.41, 5.74) is 1.92. The standard InChI is InChI=1S/C19H22O5/c1-22-10-3-4-11-12(7-10)15-16-17(11)24-13-8-18(15,9-14(20)21)5-6-19(13,16)23-2/h3-4,7,13,15-17H,5-6,8-9H2,1-2H3,(H,20,21)/t13?,15?,16?,17-,18+,19+/m0/s1. The first-order valence-corrected chi connectivity index (χ1v) is 8.65. The van der Waals surface area contributed by atoms with Crippen LogP contribution >= 0.6 is 0 Å². The van der Waals surface area contributed by atoms with Crippen LogP contribution in [-0.2, 0) is 14.3 Å². The fraction of sp³-hybridized carbons (Fsp3) is 0.632. The summed E-state index contributed by atoms with van der Waals surface area (Å²) in [6.45, 7) is 0. The maximum atomic E-state index is 11.6. The third-order valence-corrected chi connectivity index (χ3v) is 7.19. The molecule has 6 atom stereocenters. The molecule has 6 rings (SSSR count). The lowest BCUT2D eigenvalue weighted by atomic mass is 9.47.